The second-order valence-corrected chi connectivity index (χ2v) is 9.76. The highest BCUT2D eigenvalue weighted by atomic mass is 16.3. The third-order valence-electron chi connectivity index (χ3n) is 7.48. The smallest absolute Gasteiger partial charge is 0.257 e. The molecular formula is C28H32N4O4. The van der Waals surface area contributed by atoms with Gasteiger partial charge in [-0.15, -0.1) is 0 Å². The fraction of sp³-hybridized carbons (Fsp3) is 0.393. The molecule has 0 aromatic heterocycles. The molecule has 2 aliphatic rings. The molecule has 2 atom stereocenters. The number of carbonyl (C=O) groups is 1. The molecular weight excluding hydrogens is 456 g/mol. The Hall–Kier alpha value is -3.65. The number of phenolic OH excluding ortho intramolecular Hbond substituents is 1. The lowest BCUT2D eigenvalue weighted by Gasteiger charge is -2.37. The van der Waals surface area contributed by atoms with Crippen LogP contribution in [-0.2, 0) is 6.42 Å². The van der Waals surface area contributed by atoms with Crippen LogP contribution in [0.1, 0.15) is 42.1 Å². The van der Waals surface area contributed by atoms with Gasteiger partial charge in [0.1, 0.15) is 11.4 Å². The molecule has 3 N–H and O–H groups in total. The zero-order chi connectivity index (χ0) is 25.2. The molecule has 2 saturated heterocycles. The van der Waals surface area contributed by atoms with Crippen LogP contribution in [0.25, 0.3) is 0 Å². The minimum Gasteiger partial charge on any atom is -0.505 e. The number of anilines is 3. The van der Waals surface area contributed by atoms with Crippen molar-refractivity contribution >= 4 is 23.0 Å². The van der Waals surface area contributed by atoms with Crippen LogP contribution >= 0.6 is 0 Å². The molecule has 2 aliphatic heterocycles. The number of hydrogen-bond acceptors (Lipinski definition) is 7. The predicted octanol–water partition coefficient (Wildman–Crippen LogP) is 3.09. The molecule has 5 rings (SSSR count). The van der Waals surface area contributed by atoms with E-state index in [4.69, 9.17) is 0 Å². The maximum Gasteiger partial charge on any atom is 0.257 e. The Morgan fingerprint density at radius 2 is 1.81 bits per heavy atom. The number of carbonyl (C=O) groups excluding carboxylic acids is 1. The fourth-order valence-corrected chi connectivity index (χ4v) is 5.35. The van der Waals surface area contributed by atoms with E-state index in [1.807, 2.05) is 37.3 Å². The number of piperazine rings is 1. The van der Waals surface area contributed by atoms with E-state index >= 15 is 0 Å². The molecule has 3 aromatic rings. The zero-order valence-corrected chi connectivity index (χ0v) is 20.5. The maximum atomic E-state index is 13.2. The van der Waals surface area contributed by atoms with Crippen molar-refractivity contribution < 1.29 is 9.90 Å². The quantitative estimate of drug-likeness (QED) is 0.331. The summed E-state index contributed by atoms with van der Waals surface area (Å²) in [5.74, 6) is -0.438. The van der Waals surface area contributed by atoms with Gasteiger partial charge in [0.15, 0.2) is 5.75 Å². The van der Waals surface area contributed by atoms with E-state index in [1.54, 1.807) is 23.1 Å². The first kappa shape index (κ1) is 24.1. The second kappa shape index (κ2) is 10.1. The van der Waals surface area contributed by atoms with Gasteiger partial charge in [0, 0.05) is 31.7 Å². The van der Waals surface area contributed by atoms with Crippen LogP contribution in [0.5, 0.6) is 5.75 Å². The van der Waals surface area contributed by atoms with E-state index in [2.05, 4.69) is 15.5 Å². The number of phenols is 1. The van der Waals surface area contributed by atoms with Gasteiger partial charge in [-0.05, 0) is 49.9 Å². The SMILES string of the molecule is CC[C@@H](Cc1ccccc1)Nc1c(Nc2cccc(C(=O)N3CCN4CCC[C@@H]4C3)c2O)c(=O)c1=O. The topological polar surface area (TPSA) is 102 Å². The van der Waals surface area contributed by atoms with E-state index in [0.717, 1.165) is 37.9 Å². The number of nitrogens with one attached hydrogen (secondary N) is 2. The lowest BCUT2D eigenvalue weighted by molar-refractivity contribution is 0.0568. The van der Waals surface area contributed by atoms with Crippen molar-refractivity contribution in [3.05, 3.63) is 80.1 Å². The van der Waals surface area contributed by atoms with Crippen LogP contribution in [0.3, 0.4) is 0 Å². The highest BCUT2D eigenvalue weighted by Gasteiger charge is 2.34. The van der Waals surface area contributed by atoms with Gasteiger partial charge in [-0.25, -0.2) is 0 Å². The Balaban J connectivity index is 1.32. The summed E-state index contributed by atoms with van der Waals surface area (Å²) >= 11 is 0. The highest BCUT2D eigenvalue weighted by Crippen LogP contribution is 2.33. The number of hydrogen-bond donors (Lipinski definition) is 3. The van der Waals surface area contributed by atoms with Crippen molar-refractivity contribution in [2.24, 2.45) is 0 Å². The predicted molar refractivity (Wildman–Crippen MR) is 141 cm³/mol. The van der Waals surface area contributed by atoms with Gasteiger partial charge in [-0.2, -0.15) is 0 Å². The zero-order valence-electron chi connectivity index (χ0n) is 20.5. The van der Waals surface area contributed by atoms with Gasteiger partial charge in [0.2, 0.25) is 0 Å². The van der Waals surface area contributed by atoms with Gasteiger partial charge in [0.25, 0.3) is 16.8 Å². The van der Waals surface area contributed by atoms with Gasteiger partial charge in [-0.3, -0.25) is 19.3 Å². The van der Waals surface area contributed by atoms with E-state index < -0.39 is 10.9 Å². The monoisotopic (exact) mass is 488 g/mol. The molecule has 0 saturated carbocycles. The normalized spacial score (nSPS) is 18.7. The van der Waals surface area contributed by atoms with E-state index in [1.165, 1.54) is 0 Å². The average molecular weight is 489 g/mol. The van der Waals surface area contributed by atoms with E-state index in [9.17, 15) is 19.5 Å². The first-order valence-electron chi connectivity index (χ1n) is 12.7. The van der Waals surface area contributed by atoms with Crippen molar-refractivity contribution in [1.82, 2.24) is 9.80 Å². The molecule has 1 amide bonds. The van der Waals surface area contributed by atoms with Crippen LogP contribution in [0, 0.1) is 0 Å². The molecule has 0 spiro atoms. The van der Waals surface area contributed by atoms with E-state index in [0.29, 0.717) is 25.6 Å². The number of aromatic hydroxyl groups is 1. The summed E-state index contributed by atoms with van der Waals surface area (Å²) in [6, 6.07) is 15.2. The molecule has 0 aliphatic carbocycles. The molecule has 8 heteroatoms. The van der Waals surface area contributed by atoms with E-state index in [-0.39, 0.29) is 40.3 Å². The molecule has 8 nitrogen and oxygen atoms in total. The fourth-order valence-electron chi connectivity index (χ4n) is 5.35. The Bertz CT molecular complexity index is 1320. The number of amides is 1. The lowest BCUT2D eigenvalue weighted by Crippen LogP contribution is -2.52. The molecule has 0 bridgehead atoms. The molecule has 188 valence electrons. The summed E-state index contributed by atoms with van der Waals surface area (Å²) in [4.78, 5) is 42.3. The standard InChI is InChI=1S/C28H32N4O4/c1-2-19(16-18-8-4-3-5-9-18)29-23-24(27(35)26(23)34)30-22-12-6-11-21(25(22)33)28(36)32-15-14-31-13-7-10-20(31)17-32/h3-6,8-9,11-12,19-20,29-30,33H,2,7,10,13-17H2,1H3/t19-,20+/m0/s1. The van der Waals surface area contributed by atoms with Gasteiger partial charge in [0.05, 0.1) is 11.3 Å². The Kier molecular flexibility index (Phi) is 6.78. The molecule has 3 aromatic carbocycles. The van der Waals surface area contributed by atoms with Crippen LogP contribution in [0.15, 0.2) is 58.1 Å². The first-order chi connectivity index (χ1) is 17.5. The molecule has 36 heavy (non-hydrogen) atoms. The Morgan fingerprint density at radius 3 is 2.58 bits per heavy atom. The minimum atomic E-state index is -0.638. The summed E-state index contributed by atoms with van der Waals surface area (Å²) in [5, 5.41) is 17.1. The molecule has 2 fully saturated rings. The molecule has 0 radical (unpaired) electrons. The maximum absolute atomic E-state index is 13.2. The van der Waals surface area contributed by atoms with Gasteiger partial charge >= 0.3 is 0 Å². The third kappa shape index (κ3) is 4.60. The van der Waals surface area contributed by atoms with Crippen molar-refractivity contribution in [3.63, 3.8) is 0 Å². The van der Waals surface area contributed by atoms with Crippen molar-refractivity contribution in [2.75, 3.05) is 36.8 Å². The van der Waals surface area contributed by atoms with Gasteiger partial charge < -0.3 is 20.6 Å². The minimum absolute atomic E-state index is 0.0352. The van der Waals surface area contributed by atoms with Crippen LogP contribution in [-0.4, -0.2) is 59.1 Å². The van der Waals surface area contributed by atoms with Crippen LogP contribution in [0.2, 0.25) is 0 Å². The Morgan fingerprint density at radius 1 is 1.03 bits per heavy atom. The molecule has 0 unspecified atom stereocenters. The third-order valence-corrected chi connectivity index (χ3v) is 7.48. The molecule has 2 heterocycles. The van der Waals surface area contributed by atoms with Crippen LogP contribution < -0.4 is 21.5 Å². The summed E-state index contributed by atoms with van der Waals surface area (Å²) < 4.78 is 0. The number of fused-ring (bicyclic) bond motifs is 1. The largest absolute Gasteiger partial charge is 0.505 e. The summed E-state index contributed by atoms with van der Waals surface area (Å²) in [6.45, 7) is 5.22. The first-order valence-corrected chi connectivity index (χ1v) is 12.7. The summed E-state index contributed by atoms with van der Waals surface area (Å²) in [6.07, 6.45) is 3.70. The Labute approximate surface area is 210 Å². The van der Waals surface area contributed by atoms with Crippen molar-refractivity contribution in [1.29, 1.82) is 0 Å². The number of benzene rings is 2. The van der Waals surface area contributed by atoms with Crippen molar-refractivity contribution in [2.45, 2.75) is 44.7 Å². The number of nitrogens with zero attached hydrogens (tertiary/aromatic N) is 2. The number of para-hydroxylation sites is 1. The lowest BCUT2D eigenvalue weighted by atomic mass is 10.0. The van der Waals surface area contributed by atoms with Crippen LogP contribution in [0.4, 0.5) is 17.1 Å². The average Bonchev–Trinajstić information content (AvgIpc) is 3.38. The highest BCUT2D eigenvalue weighted by molar-refractivity contribution is 5.99. The van der Waals surface area contributed by atoms with Gasteiger partial charge in [-0.1, -0.05) is 43.3 Å². The summed E-state index contributed by atoms with van der Waals surface area (Å²) in [5.41, 5.74) is 0.669. The van der Waals surface area contributed by atoms with Crippen molar-refractivity contribution in [3.8, 4) is 5.75 Å². The number of rotatable bonds is 8. The summed E-state index contributed by atoms with van der Waals surface area (Å²) in [7, 11) is 0. The second-order valence-electron chi connectivity index (χ2n) is 9.76.